The highest BCUT2D eigenvalue weighted by Crippen LogP contribution is 2.39. The molecule has 2 aromatic carbocycles. The van der Waals surface area contributed by atoms with Crippen molar-refractivity contribution in [3.05, 3.63) is 75.7 Å². The second-order valence-electron chi connectivity index (χ2n) is 9.75. The van der Waals surface area contributed by atoms with Crippen molar-refractivity contribution in [2.24, 2.45) is 7.05 Å². The van der Waals surface area contributed by atoms with Crippen molar-refractivity contribution in [1.82, 2.24) is 25.2 Å². The Hall–Kier alpha value is -3.74. The summed E-state index contributed by atoms with van der Waals surface area (Å²) in [6.07, 6.45) is -0.0304. The topological polar surface area (TPSA) is 77.9 Å². The first kappa shape index (κ1) is 27.8. The van der Waals surface area contributed by atoms with Crippen molar-refractivity contribution >= 4 is 34.6 Å². The average Bonchev–Trinajstić information content (AvgIpc) is 3.42. The number of amides is 1. The number of hydrazine groups is 2. The maximum atomic E-state index is 13.8. The molecule has 0 radical (unpaired) electrons. The number of rotatable bonds is 7. The lowest BCUT2D eigenvalue weighted by molar-refractivity contribution is -0.137. The van der Waals surface area contributed by atoms with Crippen LogP contribution < -0.4 is 20.5 Å². The van der Waals surface area contributed by atoms with E-state index in [1.165, 1.54) is 13.2 Å². The van der Waals surface area contributed by atoms with Crippen LogP contribution >= 0.6 is 11.6 Å². The summed E-state index contributed by atoms with van der Waals surface area (Å²) < 4.78 is 48.5. The Kier molecular flexibility index (Phi) is 7.42. The first-order valence-electron chi connectivity index (χ1n) is 12.6. The maximum absolute atomic E-state index is 13.8. The molecule has 3 heterocycles. The Labute approximate surface area is 234 Å². The van der Waals surface area contributed by atoms with E-state index in [-0.39, 0.29) is 17.0 Å². The largest absolute Gasteiger partial charge is 0.494 e. The molecule has 9 nitrogen and oxygen atoms in total. The minimum absolute atomic E-state index is 0.0523. The molecule has 2 aliphatic heterocycles. The predicted molar refractivity (Wildman–Crippen MR) is 147 cm³/mol. The number of hydrogen-bond donors (Lipinski definition) is 2. The number of hydrogen-bond acceptors (Lipinski definition) is 7. The monoisotopic (exact) mass is 575 g/mol. The van der Waals surface area contributed by atoms with Crippen molar-refractivity contribution in [3.8, 4) is 5.75 Å². The summed E-state index contributed by atoms with van der Waals surface area (Å²) in [7, 11) is 5.01. The number of aromatic nitrogens is 2. The average molecular weight is 576 g/mol. The third-order valence-corrected chi connectivity index (χ3v) is 7.45. The molecule has 0 bridgehead atoms. The molecule has 0 atom stereocenters. The van der Waals surface area contributed by atoms with Crippen LogP contribution in [0.25, 0.3) is 5.70 Å². The van der Waals surface area contributed by atoms with Gasteiger partial charge in [-0.15, -0.1) is 5.12 Å². The molecule has 212 valence electrons. The van der Waals surface area contributed by atoms with Crippen molar-refractivity contribution in [3.63, 3.8) is 0 Å². The first-order chi connectivity index (χ1) is 19.0. The number of nitrogens with zero attached hydrogens (tertiary/aromatic N) is 5. The molecular weight excluding hydrogens is 547 g/mol. The number of nitrogens with one attached hydrogen (secondary N) is 2. The van der Waals surface area contributed by atoms with Crippen molar-refractivity contribution in [1.29, 1.82) is 0 Å². The zero-order valence-electron chi connectivity index (χ0n) is 22.4. The third kappa shape index (κ3) is 5.34. The lowest BCUT2D eigenvalue weighted by Crippen LogP contribution is -2.39. The van der Waals surface area contributed by atoms with E-state index in [0.717, 1.165) is 48.6 Å². The minimum atomic E-state index is -4.59. The SMILES string of the molecule is COc1c(CN2CCC2)cc(C(F)(F)F)cc1NC(=O)c1ccc(Cl)c(N2C=C(c3cnn(C)c3C)NN2C)c1. The number of anilines is 2. The van der Waals surface area contributed by atoms with E-state index >= 15 is 0 Å². The van der Waals surface area contributed by atoms with Crippen molar-refractivity contribution in [2.45, 2.75) is 26.1 Å². The summed E-state index contributed by atoms with van der Waals surface area (Å²) in [5.74, 6) is -0.405. The van der Waals surface area contributed by atoms with Crippen LogP contribution in [0.15, 0.2) is 42.7 Å². The Morgan fingerprint density at radius 3 is 2.55 bits per heavy atom. The van der Waals surface area contributed by atoms with Gasteiger partial charge < -0.3 is 10.1 Å². The fraction of sp³-hybridized carbons (Fsp3) is 0.333. The van der Waals surface area contributed by atoms with Crippen LogP contribution in [-0.4, -0.2) is 53.0 Å². The molecule has 1 fully saturated rings. The van der Waals surface area contributed by atoms with Crippen LogP contribution in [0.5, 0.6) is 5.75 Å². The molecule has 2 N–H and O–H groups in total. The molecule has 1 aromatic heterocycles. The van der Waals surface area contributed by atoms with E-state index in [9.17, 15) is 18.0 Å². The normalized spacial score (nSPS) is 16.0. The van der Waals surface area contributed by atoms with Gasteiger partial charge in [0.25, 0.3) is 5.91 Å². The standard InChI is InChI=1S/C27H29ClF3N7O2/c1-16-20(13-32-35(16)2)23-15-38(36(3)34-23)24-11-17(6-7-21(24)28)26(39)33-22-12-19(27(29,30)31)10-18(25(22)40-4)14-37-8-5-9-37/h6-7,10-13,15,34H,5,8-9,14H2,1-4H3,(H,33,39). The number of halogens is 4. The highest BCUT2D eigenvalue weighted by molar-refractivity contribution is 6.33. The second kappa shape index (κ2) is 10.7. The van der Waals surface area contributed by atoms with Gasteiger partial charge in [0.1, 0.15) is 5.75 Å². The fourth-order valence-corrected chi connectivity index (χ4v) is 4.90. The van der Waals surface area contributed by atoms with Crippen LogP contribution in [0.3, 0.4) is 0 Å². The number of carbonyl (C=O) groups excluding carboxylic acids is 1. The Balaban J connectivity index is 1.46. The molecule has 13 heteroatoms. The Bertz CT molecular complexity index is 1480. The van der Waals surface area contributed by atoms with Crippen LogP contribution in [0.2, 0.25) is 5.02 Å². The van der Waals surface area contributed by atoms with Gasteiger partial charge in [0.05, 0.1) is 41.0 Å². The number of carbonyl (C=O) groups is 1. The number of methoxy groups -OCH3 is 1. The van der Waals surface area contributed by atoms with Gasteiger partial charge in [0.2, 0.25) is 0 Å². The fourth-order valence-electron chi connectivity index (χ4n) is 4.70. The molecule has 0 unspecified atom stereocenters. The van der Waals surface area contributed by atoms with E-state index in [4.69, 9.17) is 16.3 Å². The number of ether oxygens (including phenoxy) is 1. The van der Waals surface area contributed by atoms with E-state index in [1.807, 2.05) is 25.1 Å². The number of likely N-dealkylation sites (tertiary alicyclic amines) is 1. The number of aryl methyl sites for hydroxylation is 1. The molecule has 0 spiro atoms. The van der Waals surface area contributed by atoms with Crippen LogP contribution in [0.1, 0.15) is 39.2 Å². The minimum Gasteiger partial charge on any atom is -0.494 e. The van der Waals surface area contributed by atoms with Gasteiger partial charge in [-0.25, -0.2) is 0 Å². The third-order valence-electron chi connectivity index (χ3n) is 7.13. The van der Waals surface area contributed by atoms with E-state index < -0.39 is 17.6 Å². The molecule has 1 amide bonds. The predicted octanol–water partition coefficient (Wildman–Crippen LogP) is 5.04. The van der Waals surface area contributed by atoms with Crippen LogP contribution in [0.4, 0.5) is 24.5 Å². The Morgan fingerprint density at radius 2 is 1.95 bits per heavy atom. The molecule has 3 aromatic rings. The van der Waals surface area contributed by atoms with Crippen molar-refractivity contribution < 1.29 is 22.7 Å². The summed E-state index contributed by atoms with van der Waals surface area (Å²) in [5.41, 5.74) is 6.02. The number of benzene rings is 2. The maximum Gasteiger partial charge on any atom is 0.416 e. The molecule has 1 saturated heterocycles. The highest BCUT2D eigenvalue weighted by atomic mass is 35.5. The summed E-state index contributed by atoms with van der Waals surface area (Å²) in [6.45, 7) is 3.83. The summed E-state index contributed by atoms with van der Waals surface area (Å²) >= 11 is 6.52. The van der Waals surface area contributed by atoms with Gasteiger partial charge in [0, 0.05) is 49.2 Å². The molecule has 2 aliphatic rings. The van der Waals surface area contributed by atoms with Gasteiger partial charge in [-0.2, -0.15) is 18.3 Å². The van der Waals surface area contributed by atoms with E-state index in [0.29, 0.717) is 22.8 Å². The lowest BCUT2D eigenvalue weighted by Gasteiger charge is -2.31. The number of alkyl halides is 3. The van der Waals surface area contributed by atoms with Crippen molar-refractivity contribution in [2.75, 3.05) is 37.6 Å². The molecular formula is C27H29ClF3N7O2. The van der Waals surface area contributed by atoms with Gasteiger partial charge in [-0.1, -0.05) is 11.6 Å². The lowest BCUT2D eigenvalue weighted by atomic mass is 10.0. The zero-order chi connectivity index (χ0) is 28.8. The Morgan fingerprint density at radius 1 is 1.20 bits per heavy atom. The molecule has 5 rings (SSSR count). The smallest absolute Gasteiger partial charge is 0.416 e. The van der Waals surface area contributed by atoms with Crippen LogP contribution in [0, 0.1) is 6.92 Å². The van der Waals surface area contributed by atoms with Gasteiger partial charge in [-0.3, -0.25) is 24.8 Å². The quantitative estimate of drug-likeness (QED) is 0.409. The molecule has 0 saturated carbocycles. The molecule has 0 aliphatic carbocycles. The van der Waals surface area contributed by atoms with Gasteiger partial charge in [0.15, 0.2) is 0 Å². The first-order valence-corrected chi connectivity index (χ1v) is 13.0. The van der Waals surface area contributed by atoms with E-state index in [1.54, 1.807) is 40.2 Å². The van der Waals surface area contributed by atoms with Crippen LogP contribution in [-0.2, 0) is 19.8 Å². The summed E-state index contributed by atoms with van der Waals surface area (Å²) in [6, 6.07) is 6.64. The summed E-state index contributed by atoms with van der Waals surface area (Å²) in [5, 5.41) is 10.7. The van der Waals surface area contributed by atoms with Gasteiger partial charge in [-0.05, 0) is 56.8 Å². The summed E-state index contributed by atoms with van der Waals surface area (Å²) in [4.78, 5) is 15.4. The van der Waals surface area contributed by atoms with E-state index in [2.05, 4.69) is 15.8 Å². The zero-order valence-corrected chi connectivity index (χ0v) is 23.2. The second-order valence-corrected chi connectivity index (χ2v) is 10.2. The molecule has 40 heavy (non-hydrogen) atoms. The van der Waals surface area contributed by atoms with Gasteiger partial charge >= 0.3 is 6.18 Å². The highest BCUT2D eigenvalue weighted by Gasteiger charge is 2.33.